The van der Waals surface area contributed by atoms with Crippen LogP contribution in [0.4, 0.5) is 11.4 Å². The molecule has 7 aromatic carbocycles. The van der Waals surface area contributed by atoms with E-state index in [0.29, 0.717) is 16.9 Å². The summed E-state index contributed by atoms with van der Waals surface area (Å²) in [6.45, 7) is 0. The third-order valence-electron chi connectivity index (χ3n) is 9.92. The van der Waals surface area contributed by atoms with Crippen LogP contribution in [0.1, 0.15) is 5.56 Å². The molecule has 10 rings (SSSR count). The number of hydrogen-bond acceptors (Lipinski definition) is 2. The predicted molar refractivity (Wildman–Crippen MR) is 194 cm³/mol. The Morgan fingerprint density at radius 3 is 1.77 bits per heavy atom. The molecule has 1 unspecified atom stereocenters. The van der Waals surface area contributed by atoms with Crippen LogP contribution in [0.25, 0.3) is 77.2 Å². The zero-order valence-corrected chi connectivity index (χ0v) is 25.7. The largest absolute Gasteiger partial charge is 0.623 e. The molecule has 0 amide bonds. The molecule has 0 saturated carbocycles. The van der Waals surface area contributed by atoms with Crippen molar-refractivity contribution in [2.24, 2.45) is 0 Å². The van der Waals surface area contributed by atoms with Gasteiger partial charge in [0.2, 0.25) is 0 Å². The Morgan fingerprint density at radius 2 is 1.08 bits per heavy atom. The van der Waals surface area contributed by atoms with Crippen molar-refractivity contribution in [3.8, 4) is 39.7 Å². The monoisotopic (exact) mass is 614 g/mol. The molecule has 1 N–H and O–H groups in total. The van der Waals surface area contributed by atoms with Gasteiger partial charge < -0.3 is 19.4 Å². The topological polar surface area (TPSA) is 61.1 Å². The molecule has 0 fully saturated rings. The third kappa shape index (κ3) is 3.56. The standard InChI is InChI=1S/C43H26N4O/c44-26-28-10-9-15-30(27-20-22-29(23-21-27)45-37-16-5-1-11-31(37)32-12-2-6-17-38(32)45)41(28)46-39-18-7-3-13-33(39)35-24-25-36-34-14-4-8-19-40(34)47(48)43(36)42(35)46/h1-25,47H. The lowest BCUT2D eigenvalue weighted by Gasteiger charge is -2.21. The van der Waals surface area contributed by atoms with Gasteiger partial charge in [0.05, 0.1) is 33.4 Å². The first-order valence-electron chi connectivity index (χ1n) is 16.1. The lowest BCUT2D eigenvalue weighted by molar-refractivity contribution is -0.692. The first-order valence-corrected chi connectivity index (χ1v) is 16.1. The molecular weight excluding hydrogens is 589 g/mol. The average Bonchev–Trinajstić information content (AvgIpc) is 3.77. The molecule has 1 atom stereocenters. The van der Waals surface area contributed by atoms with Crippen LogP contribution >= 0.6 is 0 Å². The molecule has 0 bridgehead atoms. The summed E-state index contributed by atoms with van der Waals surface area (Å²) in [5.74, 6) is 0. The van der Waals surface area contributed by atoms with Crippen LogP contribution in [0.2, 0.25) is 0 Å². The summed E-state index contributed by atoms with van der Waals surface area (Å²) in [4.78, 5) is 0. The molecule has 3 heterocycles. The maximum Gasteiger partial charge on any atom is 0.169 e. The number of quaternary nitrogens is 1. The third-order valence-corrected chi connectivity index (χ3v) is 9.92. The number of para-hydroxylation sites is 5. The minimum atomic E-state index is 0.0155. The molecule has 1 aliphatic heterocycles. The molecule has 5 heteroatoms. The van der Waals surface area contributed by atoms with Crippen molar-refractivity contribution in [1.29, 1.82) is 5.26 Å². The first kappa shape index (κ1) is 26.7. The number of benzene rings is 7. The summed E-state index contributed by atoms with van der Waals surface area (Å²) < 4.78 is 4.46. The number of aromatic nitrogens is 2. The van der Waals surface area contributed by atoms with Gasteiger partial charge in [-0.2, -0.15) is 5.26 Å². The van der Waals surface area contributed by atoms with Crippen LogP contribution in [-0.2, 0) is 0 Å². The predicted octanol–water partition coefficient (Wildman–Crippen LogP) is 9.75. The summed E-state index contributed by atoms with van der Waals surface area (Å²) in [6, 6.07) is 54.2. The van der Waals surface area contributed by atoms with Gasteiger partial charge >= 0.3 is 0 Å². The Morgan fingerprint density at radius 1 is 0.500 bits per heavy atom. The lowest BCUT2D eigenvalue weighted by atomic mass is 9.99. The van der Waals surface area contributed by atoms with Gasteiger partial charge in [0.15, 0.2) is 5.69 Å². The highest BCUT2D eigenvalue weighted by molar-refractivity contribution is 6.16. The molecule has 5 nitrogen and oxygen atoms in total. The molecule has 48 heavy (non-hydrogen) atoms. The van der Waals surface area contributed by atoms with Gasteiger partial charge in [-0.1, -0.05) is 97.1 Å². The highest BCUT2D eigenvalue weighted by Crippen LogP contribution is 2.46. The second-order valence-corrected chi connectivity index (χ2v) is 12.3. The normalized spacial score (nSPS) is 13.7. The smallest absolute Gasteiger partial charge is 0.169 e. The molecule has 224 valence electrons. The quantitative estimate of drug-likeness (QED) is 0.201. The molecule has 0 spiro atoms. The minimum Gasteiger partial charge on any atom is -0.623 e. The summed E-state index contributed by atoms with van der Waals surface area (Å²) >= 11 is 0. The number of nitrogens with zero attached hydrogens (tertiary/aromatic N) is 3. The Bertz CT molecular complexity index is 2760. The van der Waals surface area contributed by atoms with Crippen molar-refractivity contribution in [2.75, 3.05) is 0 Å². The summed E-state index contributed by atoms with van der Waals surface area (Å²) in [6.07, 6.45) is 0. The van der Waals surface area contributed by atoms with Crippen LogP contribution < -0.4 is 5.06 Å². The van der Waals surface area contributed by atoms with Gasteiger partial charge in [-0.3, -0.25) is 0 Å². The van der Waals surface area contributed by atoms with Crippen molar-refractivity contribution in [3.63, 3.8) is 0 Å². The van der Waals surface area contributed by atoms with E-state index in [1.54, 1.807) is 0 Å². The molecule has 0 saturated heterocycles. The van der Waals surface area contributed by atoms with Gasteiger partial charge in [-0.05, 0) is 54.1 Å². The number of fused-ring (bicyclic) bond motifs is 10. The van der Waals surface area contributed by atoms with E-state index < -0.39 is 0 Å². The van der Waals surface area contributed by atoms with Crippen molar-refractivity contribution in [3.05, 3.63) is 162 Å². The van der Waals surface area contributed by atoms with Crippen LogP contribution in [0.3, 0.4) is 0 Å². The number of nitriles is 1. The van der Waals surface area contributed by atoms with Gasteiger partial charge in [0.1, 0.15) is 17.3 Å². The molecule has 1 aliphatic rings. The lowest BCUT2D eigenvalue weighted by Crippen LogP contribution is -2.95. The molecular formula is C43H26N4O. The number of hydrogen-bond donors (Lipinski definition) is 1. The maximum atomic E-state index is 14.1. The zero-order chi connectivity index (χ0) is 31.9. The van der Waals surface area contributed by atoms with Crippen LogP contribution in [0, 0.1) is 16.5 Å². The average molecular weight is 615 g/mol. The Balaban J connectivity index is 1.23. The van der Waals surface area contributed by atoms with E-state index in [0.717, 1.165) is 66.5 Å². The second kappa shape index (κ2) is 10.0. The van der Waals surface area contributed by atoms with Crippen molar-refractivity contribution >= 4 is 55.0 Å². The van der Waals surface area contributed by atoms with Crippen LogP contribution in [0.15, 0.2) is 152 Å². The molecule has 2 aromatic heterocycles. The highest BCUT2D eigenvalue weighted by Gasteiger charge is 2.32. The number of rotatable bonds is 3. The van der Waals surface area contributed by atoms with Crippen LogP contribution in [-0.4, -0.2) is 9.13 Å². The Hall–Kier alpha value is -6.45. The second-order valence-electron chi connectivity index (χ2n) is 12.3. The van der Waals surface area contributed by atoms with E-state index >= 15 is 0 Å². The van der Waals surface area contributed by atoms with E-state index in [1.165, 1.54) is 10.8 Å². The molecule has 0 aliphatic carbocycles. The van der Waals surface area contributed by atoms with E-state index in [-0.39, 0.29) is 5.06 Å². The van der Waals surface area contributed by atoms with E-state index in [2.05, 4.69) is 118 Å². The highest BCUT2D eigenvalue weighted by atomic mass is 16.5. The van der Waals surface area contributed by atoms with Gasteiger partial charge in [-0.25, -0.2) is 0 Å². The fourth-order valence-corrected chi connectivity index (χ4v) is 7.89. The van der Waals surface area contributed by atoms with Crippen LogP contribution in [0.5, 0.6) is 0 Å². The summed E-state index contributed by atoms with van der Waals surface area (Å²) in [7, 11) is 0. The maximum absolute atomic E-state index is 14.1. The molecule has 0 radical (unpaired) electrons. The fourth-order valence-electron chi connectivity index (χ4n) is 7.89. The minimum absolute atomic E-state index is 0.0155. The van der Waals surface area contributed by atoms with E-state index in [9.17, 15) is 10.5 Å². The van der Waals surface area contributed by atoms with Crippen molar-refractivity contribution < 1.29 is 5.06 Å². The SMILES string of the molecule is N#Cc1cccc(-c2ccc(-n3c4ccccc4c4ccccc43)cc2)c1-n1c2ccccc2c2ccc3c(c21)[NH+]([O-])c1ccccc1-3. The Labute approximate surface area is 275 Å². The van der Waals surface area contributed by atoms with E-state index in [4.69, 9.17) is 0 Å². The zero-order valence-electron chi connectivity index (χ0n) is 25.7. The van der Waals surface area contributed by atoms with Crippen molar-refractivity contribution in [1.82, 2.24) is 9.13 Å². The first-order chi connectivity index (χ1) is 23.7. The summed E-state index contributed by atoms with van der Waals surface area (Å²) in [5.41, 5.74) is 11.7. The van der Waals surface area contributed by atoms with E-state index in [1.807, 2.05) is 48.5 Å². The van der Waals surface area contributed by atoms with Crippen molar-refractivity contribution in [2.45, 2.75) is 0 Å². The van der Waals surface area contributed by atoms with Gasteiger partial charge in [-0.15, -0.1) is 0 Å². The van der Waals surface area contributed by atoms with Gasteiger partial charge in [0, 0.05) is 44.4 Å². The Kier molecular flexibility index (Phi) is 5.58. The summed E-state index contributed by atoms with van der Waals surface area (Å²) in [5, 5.41) is 29.2. The number of nitrogens with one attached hydrogen (secondary N) is 1. The fraction of sp³-hybridized carbons (Fsp3) is 0. The molecule has 9 aromatic rings. The van der Waals surface area contributed by atoms with Gasteiger partial charge in [0.25, 0.3) is 0 Å².